The van der Waals surface area contributed by atoms with Crippen LogP contribution in [0, 0.1) is 0 Å². The van der Waals surface area contributed by atoms with E-state index in [0.29, 0.717) is 6.54 Å². The standard InChI is InChI=1S/C9H22N2O4/c1-11(2)4-8(15)3-10-9(5-12,6-13)7-14/h8,10,12-15H,3-7H2,1-2H3. The van der Waals surface area contributed by atoms with E-state index in [4.69, 9.17) is 15.3 Å². The first kappa shape index (κ1) is 14.8. The fourth-order valence-electron chi connectivity index (χ4n) is 1.14. The Hall–Kier alpha value is -0.240. The lowest BCUT2D eigenvalue weighted by Gasteiger charge is -2.30. The molecule has 6 heteroatoms. The summed E-state index contributed by atoms with van der Waals surface area (Å²) in [7, 11) is 3.67. The summed E-state index contributed by atoms with van der Waals surface area (Å²) in [6.07, 6.45) is -0.607. The van der Waals surface area contributed by atoms with Gasteiger partial charge in [0.1, 0.15) is 0 Å². The number of likely N-dealkylation sites (N-methyl/N-ethyl adjacent to an activating group) is 1. The lowest BCUT2D eigenvalue weighted by atomic mass is 10.0. The van der Waals surface area contributed by atoms with Crippen LogP contribution in [0.15, 0.2) is 0 Å². The van der Waals surface area contributed by atoms with Gasteiger partial charge in [0, 0.05) is 13.1 Å². The molecule has 0 bridgehead atoms. The molecule has 5 N–H and O–H groups in total. The molecule has 0 fully saturated rings. The van der Waals surface area contributed by atoms with Gasteiger partial charge in [-0.25, -0.2) is 0 Å². The average Bonchev–Trinajstić information content (AvgIpc) is 2.20. The molecule has 0 radical (unpaired) electrons. The molecular formula is C9H22N2O4. The molecule has 0 saturated heterocycles. The molecule has 0 aliphatic rings. The second-order valence-corrected chi connectivity index (χ2v) is 4.05. The Balaban J connectivity index is 3.99. The van der Waals surface area contributed by atoms with Crippen LogP contribution in [0.1, 0.15) is 0 Å². The summed E-state index contributed by atoms with van der Waals surface area (Å²) < 4.78 is 0. The second-order valence-electron chi connectivity index (χ2n) is 4.05. The van der Waals surface area contributed by atoms with E-state index < -0.39 is 11.6 Å². The molecule has 0 heterocycles. The molecule has 0 spiro atoms. The van der Waals surface area contributed by atoms with E-state index >= 15 is 0 Å². The topological polar surface area (TPSA) is 96.2 Å². The molecule has 0 aliphatic carbocycles. The highest BCUT2D eigenvalue weighted by Gasteiger charge is 2.27. The minimum absolute atomic E-state index is 0.208. The predicted octanol–water partition coefficient (Wildman–Crippen LogP) is -2.79. The van der Waals surface area contributed by atoms with Crippen LogP contribution in [0.25, 0.3) is 0 Å². The highest BCUT2D eigenvalue weighted by atomic mass is 16.3. The quantitative estimate of drug-likeness (QED) is 0.305. The van der Waals surface area contributed by atoms with Crippen LogP contribution in [0.5, 0.6) is 0 Å². The van der Waals surface area contributed by atoms with E-state index in [-0.39, 0.29) is 26.4 Å². The Morgan fingerprint density at radius 1 is 1.13 bits per heavy atom. The van der Waals surface area contributed by atoms with E-state index in [9.17, 15) is 5.11 Å². The van der Waals surface area contributed by atoms with E-state index in [1.54, 1.807) is 0 Å². The number of β-amino-alcohol motifs (C(OH)–C–C–N with tert-alkyl or cyclic N) is 1. The van der Waals surface area contributed by atoms with Gasteiger partial charge in [-0.2, -0.15) is 0 Å². The summed E-state index contributed by atoms with van der Waals surface area (Å²) in [5, 5.41) is 39.3. The smallest absolute Gasteiger partial charge is 0.0882 e. The number of hydrogen-bond donors (Lipinski definition) is 5. The highest BCUT2D eigenvalue weighted by Crippen LogP contribution is 2.01. The molecular weight excluding hydrogens is 200 g/mol. The molecule has 0 rings (SSSR count). The van der Waals surface area contributed by atoms with Crippen molar-refractivity contribution in [2.45, 2.75) is 11.6 Å². The fraction of sp³-hybridized carbons (Fsp3) is 1.00. The number of hydrogen-bond acceptors (Lipinski definition) is 6. The number of rotatable bonds is 8. The molecule has 1 unspecified atom stereocenters. The normalized spacial score (nSPS) is 14.6. The number of aliphatic hydroxyl groups is 4. The third kappa shape index (κ3) is 5.41. The minimum atomic E-state index is -1.12. The van der Waals surface area contributed by atoms with Crippen LogP contribution in [0.3, 0.4) is 0 Å². The summed E-state index contributed by atoms with van der Waals surface area (Å²) in [5.41, 5.74) is -1.12. The van der Waals surface area contributed by atoms with Crippen LogP contribution in [0.4, 0.5) is 0 Å². The third-order valence-electron chi connectivity index (χ3n) is 2.20. The van der Waals surface area contributed by atoms with Crippen molar-refractivity contribution < 1.29 is 20.4 Å². The van der Waals surface area contributed by atoms with Crippen molar-refractivity contribution in [2.75, 3.05) is 47.0 Å². The Labute approximate surface area is 90.1 Å². The van der Waals surface area contributed by atoms with Gasteiger partial charge in [-0.3, -0.25) is 0 Å². The van der Waals surface area contributed by atoms with E-state index in [1.165, 1.54) is 0 Å². The van der Waals surface area contributed by atoms with Crippen molar-refractivity contribution in [1.29, 1.82) is 0 Å². The van der Waals surface area contributed by atoms with Crippen molar-refractivity contribution in [1.82, 2.24) is 10.2 Å². The predicted molar refractivity (Wildman–Crippen MR) is 56.6 cm³/mol. The molecule has 15 heavy (non-hydrogen) atoms. The summed E-state index contributed by atoms with van der Waals surface area (Å²) in [4.78, 5) is 1.82. The van der Waals surface area contributed by atoms with Crippen molar-refractivity contribution >= 4 is 0 Å². The van der Waals surface area contributed by atoms with Crippen molar-refractivity contribution in [2.24, 2.45) is 0 Å². The molecule has 92 valence electrons. The molecule has 0 aliphatic heterocycles. The Kier molecular flexibility index (Phi) is 6.99. The first-order valence-electron chi connectivity index (χ1n) is 4.90. The van der Waals surface area contributed by atoms with Crippen molar-refractivity contribution in [3.05, 3.63) is 0 Å². The summed E-state index contributed by atoms with van der Waals surface area (Å²) in [6, 6.07) is 0. The van der Waals surface area contributed by atoms with Crippen LogP contribution < -0.4 is 5.32 Å². The highest BCUT2D eigenvalue weighted by molar-refractivity contribution is 4.87. The maximum absolute atomic E-state index is 9.52. The zero-order valence-electron chi connectivity index (χ0n) is 9.35. The van der Waals surface area contributed by atoms with Crippen LogP contribution in [0.2, 0.25) is 0 Å². The van der Waals surface area contributed by atoms with Crippen LogP contribution >= 0.6 is 0 Å². The first-order valence-corrected chi connectivity index (χ1v) is 4.90. The SMILES string of the molecule is CN(C)CC(O)CNC(CO)(CO)CO. The monoisotopic (exact) mass is 222 g/mol. The lowest BCUT2D eigenvalue weighted by molar-refractivity contribution is 0.0296. The van der Waals surface area contributed by atoms with Gasteiger partial charge in [0.2, 0.25) is 0 Å². The first-order chi connectivity index (χ1) is 6.99. The maximum Gasteiger partial charge on any atom is 0.0882 e. The molecule has 0 amide bonds. The maximum atomic E-state index is 9.52. The second kappa shape index (κ2) is 7.10. The van der Waals surface area contributed by atoms with Gasteiger partial charge < -0.3 is 30.6 Å². The zero-order valence-corrected chi connectivity index (χ0v) is 9.35. The van der Waals surface area contributed by atoms with Gasteiger partial charge in [0.25, 0.3) is 0 Å². The third-order valence-corrected chi connectivity index (χ3v) is 2.20. The molecule has 0 aromatic heterocycles. The van der Waals surface area contributed by atoms with E-state index in [1.807, 2.05) is 19.0 Å². The van der Waals surface area contributed by atoms with Crippen LogP contribution in [-0.4, -0.2) is 84.0 Å². The number of nitrogens with zero attached hydrogens (tertiary/aromatic N) is 1. The van der Waals surface area contributed by atoms with Gasteiger partial charge in [-0.15, -0.1) is 0 Å². The van der Waals surface area contributed by atoms with Gasteiger partial charge >= 0.3 is 0 Å². The summed E-state index contributed by atoms with van der Waals surface area (Å²) in [5.74, 6) is 0. The minimum Gasteiger partial charge on any atom is -0.394 e. The zero-order chi connectivity index (χ0) is 11.9. The van der Waals surface area contributed by atoms with Gasteiger partial charge in [0.15, 0.2) is 0 Å². The largest absolute Gasteiger partial charge is 0.394 e. The summed E-state index contributed by atoms with van der Waals surface area (Å²) >= 11 is 0. The van der Waals surface area contributed by atoms with E-state index in [2.05, 4.69) is 5.32 Å². The van der Waals surface area contributed by atoms with Gasteiger partial charge in [0.05, 0.1) is 31.5 Å². The fourth-order valence-corrected chi connectivity index (χ4v) is 1.14. The molecule has 0 aromatic carbocycles. The molecule has 1 atom stereocenters. The summed E-state index contributed by atoms with van der Waals surface area (Å²) in [6.45, 7) is -0.455. The average molecular weight is 222 g/mol. The molecule has 0 saturated carbocycles. The van der Waals surface area contributed by atoms with E-state index in [0.717, 1.165) is 0 Å². The molecule has 0 aromatic rings. The van der Waals surface area contributed by atoms with Gasteiger partial charge in [-0.1, -0.05) is 0 Å². The number of nitrogens with one attached hydrogen (secondary N) is 1. The number of aliphatic hydroxyl groups excluding tert-OH is 4. The Morgan fingerprint density at radius 3 is 1.93 bits per heavy atom. The Bertz CT molecular complexity index is 154. The lowest BCUT2D eigenvalue weighted by Crippen LogP contribution is -2.57. The van der Waals surface area contributed by atoms with Gasteiger partial charge in [-0.05, 0) is 14.1 Å². The van der Waals surface area contributed by atoms with Crippen molar-refractivity contribution in [3.8, 4) is 0 Å². The van der Waals surface area contributed by atoms with Crippen molar-refractivity contribution in [3.63, 3.8) is 0 Å². The Morgan fingerprint density at radius 2 is 1.60 bits per heavy atom. The molecule has 6 nitrogen and oxygen atoms in total. The van der Waals surface area contributed by atoms with Crippen LogP contribution in [-0.2, 0) is 0 Å².